The Morgan fingerprint density at radius 1 is 1.39 bits per heavy atom. The highest BCUT2D eigenvalue weighted by Gasteiger charge is 2.07. The Bertz CT molecular complexity index is 536. The minimum Gasteiger partial charge on any atom is -0.469 e. The molecular formula is C13H12ClNO2S. The topological polar surface area (TPSA) is 39.2 Å². The van der Waals surface area contributed by atoms with Gasteiger partial charge in [-0.3, -0.25) is 4.79 Å². The van der Waals surface area contributed by atoms with Crippen molar-refractivity contribution in [1.29, 1.82) is 0 Å². The molecule has 1 heterocycles. The first-order chi connectivity index (χ1) is 8.69. The Hall–Kier alpha value is -1.39. The van der Waals surface area contributed by atoms with Crippen molar-refractivity contribution in [3.05, 3.63) is 40.4 Å². The van der Waals surface area contributed by atoms with Crippen LogP contribution in [0.3, 0.4) is 0 Å². The van der Waals surface area contributed by atoms with Gasteiger partial charge in [-0.05, 0) is 12.1 Å². The molecule has 0 atom stereocenters. The second-order valence-corrected chi connectivity index (χ2v) is 5.02. The summed E-state index contributed by atoms with van der Waals surface area (Å²) in [5.74, 6) is -0.212. The van der Waals surface area contributed by atoms with E-state index in [1.54, 1.807) is 11.3 Å². The van der Waals surface area contributed by atoms with Crippen LogP contribution in [-0.2, 0) is 16.0 Å². The highest BCUT2D eigenvalue weighted by atomic mass is 35.5. The van der Waals surface area contributed by atoms with Crippen LogP contribution in [0.15, 0.2) is 29.6 Å². The van der Waals surface area contributed by atoms with Gasteiger partial charge >= 0.3 is 5.97 Å². The summed E-state index contributed by atoms with van der Waals surface area (Å²) in [4.78, 5) is 15.5. The third-order valence-corrected chi connectivity index (χ3v) is 3.65. The zero-order valence-corrected chi connectivity index (χ0v) is 11.4. The van der Waals surface area contributed by atoms with E-state index in [2.05, 4.69) is 9.72 Å². The molecule has 5 heteroatoms. The van der Waals surface area contributed by atoms with Gasteiger partial charge in [0.15, 0.2) is 0 Å². The van der Waals surface area contributed by atoms with Gasteiger partial charge in [0.25, 0.3) is 0 Å². The molecule has 0 fully saturated rings. The van der Waals surface area contributed by atoms with Crippen LogP contribution < -0.4 is 0 Å². The third kappa shape index (κ3) is 3.31. The third-order valence-electron chi connectivity index (χ3n) is 2.46. The Balaban J connectivity index is 2.06. The first-order valence-corrected chi connectivity index (χ1v) is 6.72. The van der Waals surface area contributed by atoms with Crippen molar-refractivity contribution in [3.63, 3.8) is 0 Å². The lowest BCUT2D eigenvalue weighted by molar-refractivity contribution is -0.140. The number of ether oxygens (including phenoxy) is 1. The van der Waals surface area contributed by atoms with E-state index < -0.39 is 0 Å². The summed E-state index contributed by atoms with van der Waals surface area (Å²) < 4.78 is 4.60. The van der Waals surface area contributed by atoms with Gasteiger partial charge in [-0.25, -0.2) is 4.98 Å². The number of aromatic nitrogens is 1. The molecule has 2 rings (SSSR count). The monoisotopic (exact) mass is 281 g/mol. The van der Waals surface area contributed by atoms with Crippen LogP contribution in [-0.4, -0.2) is 18.1 Å². The zero-order chi connectivity index (χ0) is 13.0. The Labute approximate surface area is 114 Å². The zero-order valence-electron chi connectivity index (χ0n) is 9.85. The van der Waals surface area contributed by atoms with Crippen LogP contribution in [0.1, 0.15) is 12.1 Å². The molecule has 1 aromatic carbocycles. The maximum Gasteiger partial charge on any atom is 0.305 e. The quantitative estimate of drug-likeness (QED) is 0.804. The van der Waals surface area contributed by atoms with E-state index in [0.29, 0.717) is 17.9 Å². The largest absolute Gasteiger partial charge is 0.469 e. The fraction of sp³-hybridized carbons (Fsp3) is 0.231. The number of halogens is 1. The van der Waals surface area contributed by atoms with Crippen molar-refractivity contribution in [2.75, 3.05) is 7.11 Å². The van der Waals surface area contributed by atoms with E-state index in [1.165, 1.54) is 7.11 Å². The number of hydrogen-bond acceptors (Lipinski definition) is 4. The molecule has 0 spiro atoms. The van der Waals surface area contributed by atoms with Crippen LogP contribution in [0, 0.1) is 0 Å². The first-order valence-electron chi connectivity index (χ1n) is 5.46. The number of benzene rings is 1. The highest BCUT2D eigenvalue weighted by Crippen LogP contribution is 2.25. The number of esters is 1. The van der Waals surface area contributed by atoms with E-state index in [1.807, 2.05) is 29.6 Å². The van der Waals surface area contributed by atoms with Gasteiger partial charge in [0.05, 0.1) is 19.2 Å². The van der Waals surface area contributed by atoms with Crippen molar-refractivity contribution >= 4 is 28.9 Å². The minimum atomic E-state index is -0.212. The van der Waals surface area contributed by atoms with E-state index >= 15 is 0 Å². The maximum atomic E-state index is 11.0. The lowest BCUT2D eigenvalue weighted by Gasteiger charge is -1.97. The van der Waals surface area contributed by atoms with E-state index in [0.717, 1.165) is 16.3 Å². The highest BCUT2D eigenvalue weighted by molar-refractivity contribution is 7.13. The van der Waals surface area contributed by atoms with Gasteiger partial charge in [-0.1, -0.05) is 23.7 Å². The molecule has 0 amide bonds. The van der Waals surface area contributed by atoms with Gasteiger partial charge in [0, 0.05) is 22.4 Å². The predicted molar refractivity (Wildman–Crippen MR) is 72.9 cm³/mol. The summed E-state index contributed by atoms with van der Waals surface area (Å²) in [7, 11) is 1.39. The number of aryl methyl sites for hydroxylation is 1. The molecule has 0 aliphatic carbocycles. The van der Waals surface area contributed by atoms with Crippen LogP contribution in [0.5, 0.6) is 0 Å². The van der Waals surface area contributed by atoms with Crippen LogP contribution in [0.2, 0.25) is 5.02 Å². The van der Waals surface area contributed by atoms with Gasteiger partial charge in [-0.2, -0.15) is 0 Å². The number of carbonyl (C=O) groups excluding carboxylic acids is 1. The maximum absolute atomic E-state index is 11.0. The first kappa shape index (κ1) is 13.1. The fourth-order valence-corrected chi connectivity index (χ4v) is 2.47. The fourth-order valence-electron chi connectivity index (χ4n) is 1.48. The number of methoxy groups -OCH3 is 1. The average molecular weight is 282 g/mol. The molecule has 0 radical (unpaired) electrons. The molecule has 0 aliphatic heterocycles. The number of carbonyl (C=O) groups is 1. The van der Waals surface area contributed by atoms with Crippen molar-refractivity contribution in [1.82, 2.24) is 4.98 Å². The molecule has 0 aliphatic rings. The number of thiazole rings is 1. The van der Waals surface area contributed by atoms with Gasteiger partial charge < -0.3 is 4.74 Å². The number of rotatable bonds is 4. The molecule has 0 N–H and O–H groups in total. The standard InChI is InChI=1S/C13H12ClNO2S/c1-17-12(16)7-6-11-8-18-13(15-11)9-2-4-10(14)5-3-9/h2-5,8H,6-7H2,1H3. The molecule has 2 aromatic rings. The lowest BCUT2D eigenvalue weighted by Crippen LogP contribution is -2.01. The van der Waals surface area contributed by atoms with E-state index in [9.17, 15) is 4.79 Å². The Kier molecular flexibility index (Phi) is 4.33. The van der Waals surface area contributed by atoms with E-state index in [-0.39, 0.29) is 5.97 Å². The second kappa shape index (κ2) is 5.98. The Morgan fingerprint density at radius 2 is 2.11 bits per heavy atom. The summed E-state index contributed by atoms with van der Waals surface area (Å²) in [6.45, 7) is 0. The summed E-state index contributed by atoms with van der Waals surface area (Å²) in [6, 6.07) is 7.55. The smallest absolute Gasteiger partial charge is 0.305 e. The average Bonchev–Trinajstić information content (AvgIpc) is 2.85. The minimum absolute atomic E-state index is 0.212. The van der Waals surface area contributed by atoms with Crippen molar-refractivity contribution in [2.45, 2.75) is 12.8 Å². The molecular weight excluding hydrogens is 270 g/mol. The number of nitrogens with zero attached hydrogens (tertiary/aromatic N) is 1. The SMILES string of the molecule is COC(=O)CCc1csc(-c2ccc(Cl)cc2)n1. The summed E-state index contributed by atoms with van der Waals surface area (Å²) in [5, 5.41) is 3.61. The van der Waals surface area contributed by atoms with Crippen molar-refractivity contribution < 1.29 is 9.53 Å². The van der Waals surface area contributed by atoms with Crippen LogP contribution in [0.4, 0.5) is 0 Å². The Morgan fingerprint density at radius 3 is 2.78 bits per heavy atom. The van der Waals surface area contributed by atoms with E-state index in [4.69, 9.17) is 11.6 Å². The molecule has 0 unspecified atom stereocenters. The molecule has 18 heavy (non-hydrogen) atoms. The molecule has 0 saturated carbocycles. The number of hydrogen-bond donors (Lipinski definition) is 0. The van der Waals surface area contributed by atoms with Crippen LogP contribution >= 0.6 is 22.9 Å². The molecule has 0 saturated heterocycles. The molecule has 94 valence electrons. The normalized spacial score (nSPS) is 10.3. The summed E-state index contributed by atoms with van der Waals surface area (Å²) >= 11 is 7.40. The van der Waals surface area contributed by atoms with Crippen molar-refractivity contribution in [3.8, 4) is 10.6 Å². The molecule has 0 bridgehead atoms. The second-order valence-electron chi connectivity index (χ2n) is 3.73. The molecule has 3 nitrogen and oxygen atoms in total. The van der Waals surface area contributed by atoms with Crippen molar-refractivity contribution in [2.24, 2.45) is 0 Å². The lowest BCUT2D eigenvalue weighted by atomic mass is 10.2. The van der Waals surface area contributed by atoms with Crippen LogP contribution in [0.25, 0.3) is 10.6 Å². The van der Waals surface area contributed by atoms with Gasteiger partial charge in [0.1, 0.15) is 5.01 Å². The summed E-state index contributed by atoms with van der Waals surface area (Å²) in [5.41, 5.74) is 1.95. The molecule has 1 aromatic heterocycles. The summed E-state index contributed by atoms with van der Waals surface area (Å²) in [6.07, 6.45) is 0.969. The predicted octanol–water partition coefficient (Wildman–Crippen LogP) is 3.57. The van der Waals surface area contributed by atoms with Gasteiger partial charge in [-0.15, -0.1) is 11.3 Å². The van der Waals surface area contributed by atoms with Gasteiger partial charge in [0.2, 0.25) is 0 Å².